The normalized spacial score (nSPS) is 11.7. The van der Waals surface area contributed by atoms with Crippen molar-refractivity contribution in [3.8, 4) is 0 Å². The molecule has 2 aromatic carbocycles. The Morgan fingerprint density at radius 2 is 1.81 bits per heavy atom. The number of hydrogen-bond donors (Lipinski definition) is 2. The molecule has 5 heteroatoms. The number of alkyl carbamates (subject to hydrolysis) is 1. The van der Waals surface area contributed by atoms with Crippen LogP contribution in [0.25, 0.3) is 0 Å². The summed E-state index contributed by atoms with van der Waals surface area (Å²) in [5.41, 5.74) is 1.00. The number of aliphatic hydroxyl groups excluding tert-OH is 1. The van der Waals surface area contributed by atoms with Gasteiger partial charge in [0.05, 0.1) is 12.6 Å². The van der Waals surface area contributed by atoms with Crippen LogP contribution in [0, 0.1) is 5.82 Å². The highest BCUT2D eigenvalue weighted by Gasteiger charge is 2.13. The van der Waals surface area contributed by atoms with Gasteiger partial charge in [-0.05, 0) is 11.6 Å². The quantitative estimate of drug-likeness (QED) is 0.890. The number of benzene rings is 2. The summed E-state index contributed by atoms with van der Waals surface area (Å²) in [6.45, 7) is 0.0248. The lowest BCUT2D eigenvalue weighted by atomic mass is 10.1. The minimum absolute atomic E-state index is 0.117. The number of aliphatic hydroxyl groups is 1. The molecule has 21 heavy (non-hydrogen) atoms. The molecular weight excluding hydrogens is 273 g/mol. The summed E-state index contributed by atoms with van der Waals surface area (Å²) in [4.78, 5) is 11.5. The third-order valence-corrected chi connectivity index (χ3v) is 2.92. The monoisotopic (exact) mass is 289 g/mol. The van der Waals surface area contributed by atoms with Crippen molar-refractivity contribution in [3.05, 3.63) is 71.5 Å². The molecule has 110 valence electrons. The lowest BCUT2D eigenvalue weighted by molar-refractivity contribution is 0.125. The predicted molar refractivity (Wildman–Crippen MR) is 76.0 cm³/mol. The number of nitrogens with one attached hydrogen (secondary N) is 1. The molecule has 0 saturated heterocycles. The van der Waals surface area contributed by atoms with Crippen LogP contribution < -0.4 is 5.32 Å². The fourth-order valence-electron chi connectivity index (χ4n) is 1.81. The van der Waals surface area contributed by atoms with Crippen molar-refractivity contribution >= 4 is 6.09 Å². The Kier molecular flexibility index (Phi) is 5.29. The van der Waals surface area contributed by atoms with Crippen LogP contribution in [0.5, 0.6) is 0 Å². The van der Waals surface area contributed by atoms with E-state index in [-0.39, 0.29) is 18.7 Å². The van der Waals surface area contributed by atoms with Gasteiger partial charge in [-0.1, -0.05) is 48.5 Å². The third-order valence-electron chi connectivity index (χ3n) is 2.92. The first-order valence-electron chi connectivity index (χ1n) is 6.54. The second-order valence-electron chi connectivity index (χ2n) is 4.48. The molecule has 4 nitrogen and oxygen atoms in total. The number of hydrogen-bond acceptors (Lipinski definition) is 3. The first-order valence-corrected chi connectivity index (χ1v) is 6.54. The summed E-state index contributed by atoms with van der Waals surface area (Å²) in [5, 5.41) is 12.2. The lowest BCUT2D eigenvalue weighted by Gasteiger charge is -2.13. The molecule has 2 aromatic rings. The molecule has 0 aliphatic carbocycles. The molecule has 0 unspecified atom stereocenters. The molecule has 0 aliphatic rings. The van der Waals surface area contributed by atoms with Crippen molar-refractivity contribution in [1.82, 2.24) is 5.32 Å². The molecule has 1 amide bonds. The van der Waals surface area contributed by atoms with E-state index in [1.165, 1.54) is 18.2 Å². The van der Waals surface area contributed by atoms with Gasteiger partial charge in [0.2, 0.25) is 0 Å². The second-order valence-corrected chi connectivity index (χ2v) is 4.48. The minimum Gasteiger partial charge on any atom is -0.445 e. The average Bonchev–Trinajstić information content (AvgIpc) is 2.52. The molecule has 0 fully saturated rings. The largest absolute Gasteiger partial charge is 0.445 e. The third kappa shape index (κ3) is 4.57. The Morgan fingerprint density at radius 1 is 1.14 bits per heavy atom. The minimum atomic E-state index is -1.12. The smallest absolute Gasteiger partial charge is 0.407 e. The van der Waals surface area contributed by atoms with Crippen LogP contribution in [-0.2, 0) is 11.3 Å². The first kappa shape index (κ1) is 15.0. The van der Waals surface area contributed by atoms with E-state index in [9.17, 15) is 14.3 Å². The maximum absolute atomic E-state index is 13.4. The van der Waals surface area contributed by atoms with E-state index in [2.05, 4.69) is 5.32 Å². The van der Waals surface area contributed by atoms with Crippen molar-refractivity contribution < 1.29 is 19.0 Å². The molecule has 0 spiro atoms. The molecule has 1 atom stereocenters. The van der Waals surface area contributed by atoms with E-state index < -0.39 is 18.0 Å². The maximum Gasteiger partial charge on any atom is 0.407 e. The van der Waals surface area contributed by atoms with Gasteiger partial charge in [0, 0.05) is 5.56 Å². The first-order chi connectivity index (χ1) is 10.2. The highest BCUT2D eigenvalue weighted by atomic mass is 19.1. The zero-order chi connectivity index (χ0) is 15.1. The summed E-state index contributed by atoms with van der Waals surface area (Å²) in [6, 6.07) is 15.1. The summed E-state index contributed by atoms with van der Waals surface area (Å²) in [6.07, 6.45) is -1.77. The summed E-state index contributed by atoms with van der Waals surface area (Å²) < 4.78 is 18.4. The van der Waals surface area contributed by atoms with Crippen molar-refractivity contribution in [1.29, 1.82) is 0 Å². The van der Waals surface area contributed by atoms with Crippen molar-refractivity contribution in [2.75, 3.05) is 6.54 Å². The van der Waals surface area contributed by atoms with Gasteiger partial charge < -0.3 is 15.2 Å². The maximum atomic E-state index is 13.4. The van der Waals surface area contributed by atoms with Gasteiger partial charge in [-0.2, -0.15) is 0 Å². The standard InChI is InChI=1S/C16H16FNO3/c17-14-9-5-4-8-13(14)15(19)10-18-16(20)21-11-12-6-2-1-3-7-12/h1-9,15,19H,10-11H2,(H,18,20)/t15-/m1/s1. The van der Waals surface area contributed by atoms with Crippen molar-refractivity contribution in [3.63, 3.8) is 0 Å². The van der Waals surface area contributed by atoms with Gasteiger partial charge >= 0.3 is 6.09 Å². The zero-order valence-electron chi connectivity index (χ0n) is 11.3. The van der Waals surface area contributed by atoms with Gasteiger partial charge in [0.25, 0.3) is 0 Å². The Hall–Kier alpha value is -2.40. The van der Waals surface area contributed by atoms with Crippen LogP contribution >= 0.6 is 0 Å². The topological polar surface area (TPSA) is 58.6 Å². The predicted octanol–water partition coefficient (Wildman–Crippen LogP) is 2.79. The Bertz CT molecular complexity index is 589. The summed E-state index contributed by atoms with van der Waals surface area (Å²) in [7, 11) is 0. The van der Waals surface area contributed by atoms with E-state index in [0.29, 0.717) is 0 Å². The van der Waals surface area contributed by atoms with Crippen molar-refractivity contribution in [2.45, 2.75) is 12.7 Å². The second kappa shape index (κ2) is 7.40. The fraction of sp³-hybridized carbons (Fsp3) is 0.188. The Balaban J connectivity index is 1.77. The van der Waals surface area contributed by atoms with E-state index >= 15 is 0 Å². The van der Waals surface area contributed by atoms with Gasteiger partial charge in [0.1, 0.15) is 12.4 Å². The van der Waals surface area contributed by atoms with Crippen LogP contribution in [0.4, 0.5) is 9.18 Å². The molecule has 2 rings (SSSR count). The van der Waals surface area contributed by atoms with Crippen LogP contribution in [0.2, 0.25) is 0 Å². The number of ether oxygens (including phenoxy) is 1. The molecule has 0 heterocycles. The Morgan fingerprint density at radius 3 is 2.52 bits per heavy atom. The van der Waals surface area contributed by atoms with E-state index in [1.807, 2.05) is 30.3 Å². The zero-order valence-corrected chi connectivity index (χ0v) is 11.3. The Labute approximate surface area is 122 Å². The lowest BCUT2D eigenvalue weighted by Crippen LogP contribution is -2.29. The molecule has 0 radical (unpaired) electrons. The molecule has 0 saturated carbocycles. The van der Waals surface area contributed by atoms with E-state index in [1.54, 1.807) is 6.07 Å². The molecule has 0 bridgehead atoms. The van der Waals surface area contributed by atoms with Crippen molar-refractivity contribution in [2.24, 2.45) is 0 Å². The highest BCUT2D eigenvalue weighted by Crippen LogP contribution is 2.15. The number of amides is 1. The van der Waals surface area contributed by atoms with Crippen LogP contribution in [0.3, 0.4) is 0 Å². The van der Waals surface area contributed by atoms with Crippen LogP contribution in [0.1, 0.15) is 17.2 Å². The average molecular weight is 289 g/mol. The van der Waals surface area contributed by atoms with E-state index in [0.717, 1.165) is 5.56 Å². The van der Waals surface area contributed by atoms with Crippen LogP contribution in [0.15, 0.2) is 54.6 Å². The molecule has 0 aliphatic heterocycles. The number of rotatable bonds is 5. The molecule has 2 N–H and O–H groups in total. The van der Waals surface area contributed by atoms with Gasteiger partial charge in [-0.3, -0.25) is 0 Å². The number of carbonyl (C=O) groups excluding carboxylic acids is 1. The SMILES string of the molecule is O=C(NC[C@@H](O)c1ccccc1F)OCc1ccccc1. The van der Waals surface area contributed by atoms with E-state index in [4.69, 9.17) is 4.74 Å². The number of halogens is 1. The van der Waals surface area contributed by atoms with Gasteiger partial charge in [-0.15, -0.1) is 0 Å². The summed E-state index contributed by atoms with van der Waals surface area (Å²) >= 11 is 0. The molecular formula is C16H16FNO3. The summed E-state index contributed by atoms with van der Waals surface area (Å²) in [5.74, 6) is -0.510. The highest BCUT2D eigenvalue weighted by molar-refractivity contribution is 5.67. The van der Waals surface area contributed by atoms with Gasteiger partial charge in [0.15, 0.2) is 0 Å². The van der Waals surface area contributed by atoms with Gasteiger partial charge in [-0.25, -0.2) is 9.18 Å². The number of carbonyl (C=O) groups is 1. The van der Waals surface area contributed by atoms with Crippen LogP contribution in [-0.4, -0.2) is 17.7 Å². The molecule has 0 aromatic heterocycles. The fourth-order valence-corrected chi connectivity index (χ4v) is 1.81.